The van der Waals surface area contributed by atoms with Crippen molar-refractivity contribution < 1.29 is 0 Å². The fraction of sp³-hybridized carbons (Fsp3) is 0.444. The molecule has 4 nitrogen and oxygen atoms in total. The monoisotopic (exact) mass is 328 g/mol. The first-order valence-corrected chi connectivity index (χ1v) is 8.72. The van der Waals surface area contributed by atoms with E-state index in [9.17, 15) is 0 Å². The molecule has 1 atom stereocenters. The summed E-state index contributed by atoms with van der Waals surface area (Å²) in [6.07, 6.45) is 3.50. The van der Waals surface area contributed by atoms with Crippen molar-refractivity contribution in [3.63, 3.8) is 0 Å². The number of hydrogen-bond donors (Lipinski definition) is 0. The SMILES string of the molecule is Clc1cc2c(nn1)N([C@@H]1CCCN(Cc3ccccc3)C1)CC2. The van der Waals surface area contributed by atoms with Crippen molar-refractivity contribution in [1.29, 1.82) is 0 Å². The molecule has 0 bridgehead atoms. The first-order valence-electron chi connectivity index (χ1n) is 8.34. The molecule has 1 aromatic carbocycles. The highest BCUT2D eigenvalue weighted by molar-refractivity contribution is 6.29. The Labute approximate surface area is 142 Å². The van der Waals surface area contributed by atoms with Crippen LogP contribution in [0.1, 0.15) is 24.0 Å². The van der Waals surface area contributed by atoms with Gasteiger partial charge in [-0.05, 0) is 37.4 Å². The van der Waals surface area contributed by atoms with Crippen molar-refractivity contribution in [3.8, 4) is 0 Å². The van der Waals surface area contributed by atoms with Crippen LogP contribution in [0.4, 0.5) is 5.82 Å². The molecule has 1 aromatic heterocycles. The van der Waals surface area contributed by atoms with Gasteiger partial charge in [-0.25, -0.2) is 0 Å². The fourth-order valence-electron chi connectivity index (χ4n) is 3.80. The van der Waals surface area contributed by atoms with Crippen molar-refractivity contribution in [2.45, 2.75) is 31.8 Å². The number of nitrogens with zero attached hydrogens (tertiary/aromatic N) is 4. The molecular formula is C18H21ClN4. The van der Waals surface area contributed by atoms with Gasteiger partial charge in [-0.3, -0.25) is 4.90 Å². The maximum absolute atomic E-state index is 5.97. The third-order valence-corrected chi connectivity index (χ3v) is 5.07. The van der Waals surface area contributed by atoms with E-state index in [4.69, 9.17) is 11.6 Å². The molecular weight excluding hydrogens is 308 g/mol. The maximum atomic E-state index is 5.97. The van der Waals surface area contributed by atoms with Crippen LogP contribution >= 0.6 is 11.6 Å². The summed E-state index contributed by atoms with van der Waals surface area (Å²) < 4.78 is 0. The number of rotatable bonds is 3. The summed E-state index contributed by atoms with van der Waals surface area (Å²) >= 11 is 5.97. The Kier molecular flexibility index (Phi) is 4.19. The Morgan fingerprint density at radius 1 is 1.13 bits per heavy atom. The van der Waals surface area contributed by atoms with Crippen LogP contribution in [0.25, 0.3) is 0 Å². The number of anilines is 1. The molecule has 4 rings (SSSR count). The van der Waals surface area contributed by atoms with E-state index in [2.05, 4.69) is 50.3 Å². The lowest BCUT2D eigenvalue weighted by atomic mass is 10.0. The van der Waals surface area contributed by atoms with Gasteiger partial charge in [0.05, 0.1) is 0 Å². The lowest BCUT2D eigenvalue weighted by molar-refractivity contribution is 0.197. The highest BCUT2D eigenvalue weighted by atomic mass is 35.5. The Balaban J connectivity index is 1.46. The van der Waals surface area contributed by atoms with Gasteiger partial charge in [0.25, 0.3) is 0 Å². The quantitative estimate of drug-likeness (QED) is 0.866. The van der Waals surface area contributed by atoms with Crippen LogP contribution in [0.2, 0.25) is 5.15 Å². The first-order chi connectivity index (χ1) is 11.3. The number of likely N-dealkylation sites (tertiary alicyclic amines) is 1. The zero-order valence-corrected chi connectivity index (χ0v) is 13.9. The topological polar surface area (TPSA) is 32.3 Å². The number of halogens is 1. The van der Waals surface area contributed by atoms with Gasteiger partial charge in [-0.2, -0.15) is 0 Å². The lowest BCUT2D eigenvalue weighted by Crippen LogP contribution is -2.47. The number of hydrogen-bond acceptors (Lipinski definition) is 4. The van der Waals surface area contributed by atoms with Gasteiger partial charge in [0.15, 0.2) is 11.0 Å². The predicted molar refractivity (Wildman–Crippen MR) is 92.8 cm³/mol. The molecule has 0 aliphatic carbocycles. The minimum absolute atomic E-state index is 0.500. The molecule has 3 heterocycles. The molecule has 0 spiro atoms. The van der Waals surface area contributed by atoms with Crippen LogP contribution in [0, 0.1) is 0 Å². The third-order valence-electron chi connectivity index (χ3n) is 4.89. The van der Waals surface area contributed by atoms with Gasteiger partial charge in [0, 0.05) is 31.2 Å². The summed E-state index contributed by atoms with van der Waals surface area (Å²) in [4.78, 5) is 5.00. The summed E-state index contributed by atoms with van der Waals surface area (Å²) in [6.45, 7) is 4.34. The molecule has 0 unspecified atom stereocenters. The van der Waals surface area contributed by atoms with Gasteiger partial charge in [0.1, 0.15) is 0 Å². The number of piperidine rings is 1. The summed E-state index contributed by atoms with van der Waals surface area (Å²) in [5.41, 5.74) is 2.63. The van der Waals surface area contributed by atoms with E-state index in [1.165, 1.54) is 30.5 Å². The van der Waals surface area contributed by atoms with Gasteiger partial charge in [-0.15, -0.1) is 10.2 Å². The molecule has 2 aromatic rings. The van der Waals surface area contributed by atoms with Crippen LogP contribution < -0.4 is 4.90 Å². The van der Waals surface area contributed by atoms with E-state index in [-0.39, 0.29) is 0 Å². The first kappa shape index (κ1) is 14.9. The largest absolute Gasteiger partial charge is 0.350 e. The highest BCUT2D eigenvalue weighted by Gasteiger charge is 2.31. The van der Waals surface area contributed by atoms with E-state index in [1.54, 1.807) is 0 Å². The summed E-state index contributed by atoms with van der Waals surface area (Å²) in [6, 6.07) is 13.2. The number of aromatic nitrogens is 2. The summed E-state index contributed by atoms with van der Waals surface area (Å²) in [7, 11) is 0. The van der Waals surface area contributed by atoms with Crippen molar-refractivity contribution in [3.05, 3.63) is 52.7 Å². The average molecular weight is 329 g/mol. The molecule has 23 heavy (non-hydrogen) atoms. The van der Waals surface area contributed by atoms with Crippen LogP contribution in [-0.2, 0) is 13.0 Å². The van der Waals surface area contributed by atoms with Gasteiger partial charge in [0.2, 0.25) is 0 Å². The normalized spacial score (nSPS) is 21.4. The van der Waals surface area contributed by atoms with Crippen molar-refractivity contribution >= 4 is 17.4 Å². The Morgan fingerprint density at radius 2 is 2.00 bits per heavy atom. The van der Waals surface area contributed by atoms with E-state index in [1.807, 2.05) is 6.07 Å². The molecule has 0 N–H and O–H groups in total. The molecule has 2 aliphatic heterocycles. The molecule has 1 saturated heterocycles. The van der Waals surface area contributed by atoms with Crippen LogP contribution in [0.15, 0.2) is 36.4 Å². The summed E-state index contributed by atoms with van der Waals surface area (Å²) in [5, 5.41) is 8.89. The van der Waals surface area contributed by atoms with Crippen LogP contribution in [-0.4, -0.2) is 40.8 Å². The van der Waals surface area contributed by atoms with Gasteiger partial charge >= 0.3 is 0 Å². The Hall–Kier alpha value is -1.65. The molecule has 5 heteroatoms. The smallest absolute Gasteiger partial charge is 0.154 e. The second-order valence-electron chi connectivity index (χ2n) is 6.48. The molecule has 2 aliphatic rings. The zero-order chi connectivity index (χ0) is 15.6. The van der Waals surface area contributed by atoms with Crippen molar-refractivity contribution in [2.24, 2.45) is 0 Å². The number of benzene rings is 1. The van der Waals surface area contributed by atoms with Crippen LogP contribution in [0.3, 0.4) is 0 Å². The van der Waals surface area contributed by atoms with E-state index in [0.717, 1.165) is 31.9 Å². The van der Waals surface area contributed by atoms with Crippen LogP contribution in [0.5, 0.6) is 0 Å². The predicted octanol–water partition coefficient (Wildman–Crippen LogP) is 3.16. The zero-order valence-electron chi connectivity index (χ0n) is 13.2. The molecule has 0 amide bonds. The second kappa shape index (κ2) is 6.46. The van der Waals surface area contributed by atoms with Crippen molar-refractivity contribution in [2.75, 3.05) is 24.5 Å². The average Bonchev–Trinajstić information content (AvgIpc) is 2.99. The van der Waals surface area contributed by atoms with Gasteiger partial charge < -0.3 is 4.90 Å². The third kappa shape index (κ3) is 3.19. The Morgan fingerprint density at radius 3 is 2.87 bits per heavy atom. The highest BCUT2D eigenvalue weighted by Crippen LogP contribution is 2.31. The fourth-order valence-corrected chi connectivity index (χ4v) is 3.96. The number of fused-ring (bicyclic) bond motifs is 1. The minimum atomic E-state index is 0.500. The van der Waals surface area contributed by atoms with Crippen molar-refractivity contribution in [1.82, 2.24) is 15.1 Å². The summed E-state index contributed by atoms with van der Waals surface area (Å²) in [5.74, 6) is 1.04. The standard InChI is InChI=1S/C18H21ClN4/c19-17-11-15-8-10-23(18(15)21-20-17)16-7-4-9-22(13-16)12-14-5-2-1-3-6-14/h1-3,5-6,11,16H,4,7-10,12-13H2/t16-/m1/s1. The molecule has 0 saturated carbocycles. The van der Waals surface area contributed by atoms with Gasteiger partial charge in [-0.1, -0.05) is 41.9 Å². The van der Waals surface area contributed by atoms with E-state index in [0.29, 0.717) is 11.2 Å². The van der Waals surface area contributed by atoms with E-state index < -0.39 is 0 Å². The second-order valence-corrected chi connectivity index (χ2v) is 6.86. The molecule has 0 radical (unpaired) electrons. The minimum Gasteiger partial charge on any atom is -0.350 e. The lowest BCUT2D eigenvalue weighted by Gasteiger charge is -2.38. The van der Waals surface area contributed by atoms with E-state index >= 15 is 0 Å². The molecule has 1 fully saturated rings. The molecule has 120 valence electrons. The Bertz CT molecular complexity index is 676. The maximum Gasteiger partial charge on any atom is 0.154 e.